The smallest absolute Gasteiger partial charge is 0.0748 e. The number of pyridine rings is 1. The van der Waals surface area contributed by atoms with Crippen molar-refractivity contribution in [3.8, 4) is 11.3 Å². The summed E-state index contributed by atoms with van der Waals surface area (Å²) >= 11 is 6.29. The Bertz CT molecular complexity index is 570. The summed E-state index contributed by atoms with van der Waals surface area (Å²) in [5.74, 6) is 0.397. The second-order valence-electron chi connectivity index (χ2n) is 5.19. The van der Waals surface area contributed by atoms with Gasteiger partial charge in [-0.2, -0.15) is 5.10 Å². The first-order valence-corrected chi connectivity index (χ1v) is 6.73. The zero-order chi connectivity index (χ0) is 12.7. The van der Waals surface area contributed by atoms with Crippen molar-refractivity contribution in [3.05, 3.63) is 35.2 Å². The molecule has 0 radical (unpaired) electrons. The minimum absolute atomic E-state index is 0.397. The van der Waals surface area contributed by atoms with Gasteiger partial charge >= 0.3 is 0 Å². The highest BCUT2D eigenvalue weighted by Crippen LogP contribution is 2.35. The fourth-order valence-corrected chi connectivity index (χ4v) is 2.40. The monoisotopic (exact) mass is 261 g/mol. The molecule has 1 aliphatic rings. The predicted octanol–water partition coefficient (Wildman–Crippen LogP) is 4.06. The van der Waals surface area contributed by atoms with Crippen LogP contribution in [0.25, 0.3) is 11.3 Å². The molecule has 3 nitrogen and oxygen atoms in total. The molecular formula is C14H16ClN3. The lowest BCUT2D eigenvalue weighted by Crippen LogP contribution is -1.93. The minimum atomic E-state index is 0.397. The lowest BCUT2D eigenvalue weighted by Gasteiger charge is -2.08. The molecule has 2 aromatic heterocycles. The summed E-state index contributed by atoms with van der Waals surface area (Å²) in [5.41, 5.74) is 3.03. The number of halogens is 1. The lowest BCUT2D eigenvalue weighted by atomic mass is 10.0. The molecule has 3 rings (SSSR count). The Morgan fingerprint density at radius 3 is 2.72 bits per heavy atom. The van der Waals surface area contributed by atoms with Crippen LogP contribution in [0, 0.1) is 0 Å². The molecule has 1 saturated carbocycles. The fraction of sp³-hybridized carbons (Fsp3) is 0.429. The van der Waals surface area contributed by atoms with Gasteiger partial charge in [0, 0.05) is 23.0 Å². The van der Waals surface area contributed by atoms with Crippen LogP contribution in [-0.4, -0.2) is 14.8 Å². The summed E-state index contributed by atoms with van der Waals surface area (Å²) in [6, 6.07) is 2.54. The van der Waals surface area contributed by atoms with Crippen molar-refractivity contribution in [2.75, 3.05) is 0 Å². The van der Waals surface area contributed by atoms with Crippen molar-refractivity contribution in [2.45, 2.75) is 38.6 Å². The normalized spacial score (nSPS) is 15.3. The molecule has 0 spiro atoms. The van der Waals surface area contributed by atoms with E-state index in [2.05, 4.69) is 30.1 Å². The quantitative estimate of drug-likeness (QED) is 0.834. The van der Waals surface area contributed by atoms with Crippen LogP contribution < -0.4 is 0 Å². The Morgan fingerprint density at radius 2 is 2.11 bits per heavy atom. The molecule has 18 heavy (non-hydrogen) atoms. The van der Waals surface area contributed by atoms with Gasteiger partial charge in [-0.1, -0.05) is 25.4 Å². The molecule has 0 atom stereocenters. The molecule has 0 bridgehead atoms. The summed E-state index contributed by atoms with van der Waals surface area (Å²) < 4.78 is 2.03. The van der Waals surface area contributed by atoms with Crippen LogP contribution in [0.3, 0.4) is 0 Å². The van der Waals surface area contributed by atoms with Gasteiger partial charge in [0.2, 0.25) is 0 Å². The van der Waals surface area contributed by atoms with Crippen molar-refractivity contribution in [1.29, 1.82) is 0 Å². The van der Waals surface area contributed by atoms with E-state index in [1.807, 2.05) is 23.1 Å². The van der Waals surface area contributed by atoms with Crippen LogP contribution in [0.5, 0.6) is 0 Å². The van der Waals surface area contributed by atoms with E-state index in [-0.39, 0.29) is 0 Å². The van der Waals surface area contributed by atoms with Crippen LogP contribution >= 0.6 is 11.6 Å². The van der Waals surface area contributed by atoms with Gasteiger partial charge in [-0.25, -0.2) is 0 Å². The van der Waals surface area contributed by atoms with Crippen molar-refractivity contribution in [1.82, 2.24) is 14.8 Å². The van der Waals surface area contributed by atoms with E-state index < -0.39 is 0 Å². The van der Waals surface area contributed by atoms with Gasteiger partial charge in [0.15, 0.2) is 0 Å². The molecule has 0 N–H and O–H groups in total. The first-order chi connectivity index (χ1) is 8.65. The molecule has 0 aromatic carbocycles. The average molecular weight is 262 g/mol. The van der Waals surface area contributed by atoms with E-state index in [0.717, 1.165) is 21.8 Å². The SMILES string of the molecule is CC(C)c1cnc(-c2cnn(C3CC3)c2)cc1Cl. The Balaban J connectivity index is 1.93. The molecule has 2 aromatic rings. The van der Waals surface area contributed by atoms with E-state index >= 15 is 0 Å². The van der Waals surface area contributed by atoms with Gasteiger partial charge in [-0.3, -0.25) is 9.67 Å². The standard InChI is InChI=1S/C14H16ClN3/c1-9(2)12-7-16-14(5-13(12)15)10-6-17-18(8-10)11-3-4-11/h5-9,11H,3-4H2,1-2H3. The molecule has 0 saturated heterocycles. The van der Waals surface area contributed by atoms with E-state index in [0.29, 0.717) is 12.0 Å². The van der Waals surface area contributed by atoms with Crippen LogP contribution in [0.15, 0.2) is 24.7 Å². The molecule has 1 aliphatic carbocycles. The maximum atomic E-state index is 6.29. The summed E-state index contributed by atoms with van der Waals surface area (Å²) in [4.78, 5) is 4.49. The van der Waals surface area contributed by atoms with Crippen molar-refractivity contribution < 1.29 is 0 Å². The first kappa shape index (κ1) is 11.7. The van der Waals surface area contributed by atoms with Gasteiger partial charge in [-0.15, -0.1) is 0 Å². The third kappa shape index (κ3) is 2.15. The van der Waals surface area contributed by atoms with E-state index in [9.17, 15) is 0 Å². The molecule has 0 amide bonds. The maximum Gasteiger partial charge on any atom is 0.0748 e. The second-order valence-corrected chi connectivity index (χ2v) is 5.59. The zero-order valence-electron chi connectivity index (χ0n) is 10.6. The van der Waals surface area contributed by atoms with Crippen LogP contribution in [0.2, 0.25) is 5.02 Å². The third-order valence-corrected chi connectivity index (χ3v) is 3.65. The lowest BCUT2D eigenvalue weighted by molar-refractivity contribution is 0.642. The number of hydrogen-bond acceptors (Lipinski definition) is 2. The predicted molar refractivity (Wildman–Crippen MR) is 72.8 cm³/mol. The average Bonchev–Trinajstić information content (AvgIpc) is 3.06. The van der Waals surface area contributed by atoms with Gasteiger partial charge in [0.25, 0.3) is 0 Å². The minimum Gasteiger partial charge on any atom is -0.269 e. The molecule has 2 heterocycles. The number of hydrogen-bond donors (Lipinski definition) is 0. The molecule has 1 fully saturated rings. The highest BCUT2D eigenvalue weighted by Gasteiger charge is 2.24. The fourth-order valence-electron chi connectivity index (χ4n) is 2.03. The zero-order valence-corrected chi connectivity index (χ0v) is 11.4. The van der Waals surface area contributed by atoms with Gasteiger partial charge < -0.3 is 0 Å². The van der Waals surface area contributed by atoms with E-state index in [1.165, 1.54) is 12.8 Å². The van der Waals surface area contributed by atoms with E-state index in [4.69, 9.17) is 11.6 Å². The topological polar surface area (TPSA) is 30.7 Å². The van der Waals surface area contributed by atoms with E-state index in [1.54, 1.807) is 0 Å². The Morgan fingerprint density at radius 1 is 1.33 bits per heavy atom. The summed E-state index contributed by atoms with van der Waals surface area (Å²) in [7, 11) is 0. The molecule has 0 unspecified atom stereocenters. The van der Waals surface area contributed by atoms with Crippen LogP contribution in [0.4, 0.5) is 0 Å². The summed E-state index contributed by atoms with van der Waals surface area (Å²) in [6.45, 7) is 4.24. The largest absolute Gasteiger partial charge is 0.269 e. The Hall–Kier alpha value is -1.35. The summed E-state index contributed by atoms with van der Waals surface area (Å²) in [6.07, 6.45) is 8.28. The van der Waals surface area contributed by atoms with Crippen molar-refractivity contribution in [3.63, 3.8) is 0 Å². The molecule has 0 aliphatic heterocycles. The molecule has 94 valence electrons. The highest BCUT2D eigenvalue weighted by molar-refractivity contribution is 6.31. The van der Waals surface area contributed by atoms with Gasteiger partial charge in [0.05, 0.1) is 17.9 Å². The van der Waals surface area contributed by atoms with Crippen molar-refractivity contribution >= 4 is 11.6 Å². The first-order valence-electron chi connectivity index (χ1n) is 6.35. The number of rotatable bonds is 3. The molecule has 4 heteroatoms. The Labute approximate surface area is 112 Å². The van der Waals surface area contributed by atoms with Crippen molar-refractivity contribution in [2.24, 2.45) is 0 Å². The number of nitrogens with zero attached hydrogens (tertiary/aromatic N) is 3. The highest BCUT2D eigenvalue weighted by atomic mass is 35.5. The Kier molecular flexibility index (Phi) is 2.86. The summed E-state index contributed by atoms with van der Waals surface area (Å²) in [5, 5.41) is 5.16. The number of aromatic nitrogens is 3. The molecular weight excluding hydrogens is 246 g/mol. The van der Waals surface area contributed by atoms with Crippen LogP contribution in [-0.2, 0) is 0 Å². The van der Waals surface area contributed by atoms with Gasteiger partial charge in [0.1, 0.15) is 0 Å². The maximum absolute atomic E-state index is 6.29. The third-order valence-electron chi connectivity index (χ3n) is 3.32. The van der Waals surface area contributed by atoms with Gasteiger partial charge in [-0.05, 0) is 30.4 Å². The van der Waals surface area contributed by atoms with Crippen LogP contribution in [0.1, 0.15) is 44.2 Å². The second kappa shape index (κ2) is 4.39.